The van der Waals surface area contributed by atoms with E-state index in [9.17, 15) is 4.79 Å². The molecule has 0 amide bonds. The molecule has 0 aromatic carbocycles. The maximum Gasteiger partial charge on any atom is 0.439 e. The lowest BCUT2D eigenvalue weighted by Gasteiger charge is -2.36. The Morgan fingerprint density at radius 3 is 2.51 bits per heavy atom. The molecule has 200 valence electrons. The number of aromatic amines is 1. The summed E-state index contributed by atoms with van der Waals surface area (Å²) in [5, 5.41) is 7.60. The van der Waals surface area contributed by atoms with Crippen molar-refractivity contribution in [3.8, 4) is 11.6 Å². The van der Waals surface area contributed by atoms with Gasteiger partial charge in [0, 0.05) is 25.2 Å². The highest BCUT2D eigenvalue weighted by Gasteiger charge is 2.31. The fourth-order valence-corrected chi connectivity index (χ4v) is 6.39. The molecule has 0 radical (unpaired) electrons. The number of fused-ring (bicyclic) bond motifs is 1. The van der Waals surface area contributed by atoms with Gasteiger partial charge < -0.3 is 14.8 Å². The van der Waals surface area contributed by atoms with Crippen LogP contribution in [-0.4, -0.2) is 48.3 Å². The zero-order valence-corrected chi connectivity index (χ0v) is 22.4. The van der Waals surface area contributed by atoms with E-state index in [0.29, 0.717) is 29.3 Å². The molecule has 1 aliphatic heterocycles. The lowest BCUT2D eigenvalue weighted by atomic mass is 9.80. The fourth-order valence-electron chi connectivity index (χ4n) is 6.39. The number of nitrogens with one attached hydrogen (secondary N) is 2. The largest absolute Gasteiger partial charge is 0.439 e. The minimum Gasteiger partial charge on any atom is -0.365 e. The second kappa shape index (κ2) is 10.1. The molecule has 3 aromatic rings. The van der Waals surface area contributed by atoms with Crippen molar-refractivity contribution >= 4 is 22.9 Å². The van der Waals surface area contributed by atoms with Crippen LogP contribution in [-0.2, 0) is 6.54 Å². The highest BCUT2D eigenvalue weighted by Crippen LogP contribution is 2.37. The Hall–Kier alpha value is -2.91. The van der Waals surface area contributed by atoms with Gasteiger partial charge in [0.05, 0.1) is 0 Å². The molecule has 2 saturated carbocycles. The maximum atomic E-state index is 11.7. The van der Waals surface area contributed by atoms with Crippen LogP contribution < -0.4 is 16.0 Å². The molecule has 6 rings (SSSR count). The first-order chi connectivity index (χ1) is 18.0. The second-order valence-electron chi connectivity index (χ2n) is 11.8. The molecule has 2 N–H and O–H groups in total. The van der Waals surface area contributed by atoms with Crippen LogP contribution in [0.5, 0.6) is 0 Å². The summed E-state index contributed by atoms with van der Waals surface area (Å²) < 4.78 is 7.17. The lowest BCUT2D eigenvalue weighted by molar-refractivity contribution is 0.266. The Bertz CT molecular complexity index is 1280. The van der Waals surface area contributed by atoms with Crippen molar-refractivity contribution < 1.29 is 4.52 Å². The van der Waals surface area contributed by atoms with Crippen LogP contribution in [0.3, 0.4) is 0 Å². The van der Waals surface area contributed by atoms with E-state index < -0.39 is 5.76 Å². The number of H-pyrrole nitrogens is 1. The van der Waals surface area contributed by atoms with Crippen LogP contribution in [0.25, 0.3) is 22.8 Å². The van der Waals surface area contributed by atoms with E-state index >= 15 is 0 Å². The normalized spacial score (nSPS) is 25.8. The van der Waals surface area contributed by atoms with Gasteiger partial charge in [0.25, 0.3) is 0 Å². The number of anilines is 2. The van der Waals surface area contributed by atoms with Crippen molar-refractivity contribution in [1.29, 1.82) is 0 Å². The van der Waals surface area contributed by atoms with Crippen molar-refractivity contribution in [2.45, 2.75) is 104 Å². The van der Waals surface area contributed by atoms with Crippen LogP contribution in [0.4, 0.5) is 11.8 Å². The van der Waals surface area contributed by atoms with E-state index in [1.54, 1.807) is 0 Å². The van der Waals surface area contributed by atoms with E-state index in [2.05, 4.69) is 45.7 Å². The minimum atomic E-state index is -0.615. The van der Waals surface area contributed by atoms with Gasteiger partial charge >= 0.3 is 5.76 Å². The highest BCUT2D eigenvalue weighted by molar-refractivity contribution is 5.87. The third-order valence-electron chi connectivity index (χ3n) is 9.09. The van der Waals surface area contributed by atoms with Crippen LogP contribution in [0.2, 0.25) is 0 Å². The third kappa shape index (κ3) is 4.86. The highest BCUT2D eigenvalue weighted by atomic mass is 16.5. The SMILES string of the molecule is CC1CCC(Cn2c(N3CCCCC3C)nc3nc(-c4noc(=O)[nH]4)nc(N[C@H](C)C4CCC4)c32)CC1. The number of rotatable bonds is 7. The van der Waals surface area contributed by atoms with E-state index in [-0.39, 0.29) is 11.9 Å². The summed E-state index contributed by atoms with van der Waals surface area (Å²) in [6.45, 7) is 8.85. The number of piperidine rings is 1. The summed E-state index contributed by atoms with van der Waals surface area (Å²) in [7, 11) is 0. The van der Waals surface area contributed by atoms with Crippen LogP contribution in [0.1, 0.15) is 85.0 Å². The van der Waals surface area contributed by atoms with Gasteiger partial charge in [-0.3, -0.25) is 9.51 Å². The zero-order chi connectivity index (χ0) is 25.5. The average molecular weight is 509 g/mol. The molecule has 3 fully saturated rings. The van der Waals surface area contributed by atoms with Crippen LogP contribution in [0.15, 0.2) is 9.32 Å². The molecule has 10 nitrogen and oxygen atoms in total. The van der Waals surface area contributed by atoms with Gasteiger partial charge in [-0.1, -0.05) is 31.3 Å². The maximum absolute atomic E-state index is 11.7. The topological polar surface area (TPSA) is 118 Å². The number of imidazole rings is 1. The number of aromatic nitrogens is 6. The predicted molar refractivity (Wildman–Crippen MR) is 144 cm³/mol. The van der Waals surface area contributed by atoms with Crippen molar-refractivity contribution in [3.05, 3.63) is 10.6 Å². The molecule has 37 heavy (non-hydrogen) atoms. The Morgan fingerprint density at radius 1 is 1.03 bits per heavy atom. The fraction of sp³-hybridized carbons (Fsp3) is 0.741. The zero-order valence-electron chi connectivity index (χ0n) is 22.4. The van der Waals surface area contributed by atoms with Crippen molar-refractivity contribution in [3.63, 3.8) is 0 Å². The Balaban J connectivity index is 1.48. The monoisotopic (exact) mass is 508 g/mol. The van der Waals surface area contributed by atoms with E-state index in [1.807, 2.05) is 0 Å². The summed E-state index contributed by atoms with van der Waals surface area (Å²) in [5.74, 6) is 3.79. The minimum absolute atomic E-state index is 0.231. The van der Waals surface area contributed by atoms with Gasteiger partial charge in [0.1, 0.15) is 5.52 Å². The number of hydrogen-bond donors (Lipinski definition) is 2. The smallest absolute Gasteiger partial charge is 0.365 e. The van der Waals surface area contributed by atoms with Gasteiger partial charge in [-0.25, -0.2) is 14.8 Å². The summed E-state index contributed by atoms with van der Waals surface area (Å²) in [6, 6.07) is 0.715. The molecule has 2 aliphatic carbocycles. The Labute approximate surface area is 217 Å². The molecular formula is C27H40N8O2. The van der Waals surface area contributed by atoms with Crippen molar-refractivity contribution in [2.24, 2.45) is 17.8 Å². The molecule has 0 spiro atoms. The second-order valence-corrected chi connectivity index (χ2v) is 11.8. The molecule has 1 saturated heterocycles. The number of hydrogen-bond acceptors (Lipinski definition) is 8. The standard InChI is InChI=1S/C27H40N8O2/c1-16-10-12-19(13-11-16)15-35-21-22(28-18(3)20-8-6-9-20)29-24(25-32-27(36)37-33-25)30-23(21)31-26(35)34-14-5-4-7-17(34)2/h16-20H,4-15H2,1-3H3,(H,28,29,30)(H,32,33,36)/t16?,17?,18-,19?/m1/s1. The Morgan fingerprint density at radius 2 is 1.84 bits per heavy atom. The van der Waals surface area contributed by atoms with Crippen LogP contribution >= 0.6 is 0 Å². The average Bonchev–Trinajstić information content (AvgIpc) is 3.43. The predicted octanol–water partition coefficient (Wildman–Crippen LogP) is 4.98. The first kappa shape index (κ1) is 24.4. The summed E-state index contributed by atoms with van der Waals surface area (Å²) in [6.07, 6.45) is 12.4. The van der Waals surface area contributed by atoms with Crippen molar-refractivity contribution in [2.75, 3.05) is 16.8 Å². The van der Waals surface area contributed by atoms with Gasteiger partial charge in [0.15, 0.2) is 11.5 Å². The summed E-state index contributed by atoms with van der Waals surface area (Å²) >= 11 is 0. The Kier molecular flexibility index (Phi) is 6.67. The van der Waals surface area contributed by atoms with Gasteiger partial charge in [0.2, 0.25) is 17.6 Å². The lowest BCUT2D eigenvalue weighted by Crippen LogP contribution is -2.39. The first-order valence-corrected chi connectivity index (χ1v) is 14.3. The van der Waals surface area contributed by atoms with E-state index in [0.717, 1.165) is 36.3 Å². The number of nitrogens with zero attached hydrogens (tertiary/aromatic N) is 6. The molecule has 4 heterocycles. The molecule has 3 aromatic heterocycles. The molecule has 10 heteroatoms. The molecule has 1 unspecified atom stereocenters. The van der Waals surface area contributed by atoms with Gasteiger partial charge in [-0.05, 0) is 76.5 Å². The van der Waals surface area contributed by atoms with Crippen LogP contribution in [0, 0.1) is 17.8 Å². The summed E-state index contributed by atoms with van der Waals surface area (Å²) in [4.78, 5) is 31.6. The molecule has 2 atom stereocenters. The van der Waals surface area contributed by atoms with E-state index in [1.165, 1.54) is 64.2 Å². The first-order valence-electron chi connectivity index (χ1n) is 14.3. The summed E-state index contributed by atoms with van der Waals surface area (Å²) in [5.41, 5.74) is 1.61. The quantitative estimate of drug-likeness (QED) is 0.459. The van der Waals surface area contributed by atoms with E-state index in [4.69, 9.17) is 19.5 Å². The molecular weight excluding hydrogens is 468 g/mol. The van der Waals surface area contributed by atoms with Crippen molar-refractivity contribution in [1.82, 2.24) is 29.7 Å². The molecule has 0 bridgehead atoms. The van der Waals surface area contributed by atoms with Gasteiger partial charge in [-0.2, -0.15) is 4.98 Å². The van der Waals surface area contributed by atoms with Gasteiger partial charge in [-0.15, -0.1) is 0 Å². The molecule has 3 aliphatic rings. The third-order valence-corrected chi connectivity index (χ3v) is 9.09.